The summed E-state index contributed by atoms with van der Waals surface area (Å²) in [6.07, 6.45) is 6.28. The van der Waals surface area contributed by atoms with Crippen LogP contribution in [-0.2, 0) is 29.6 Å². The third kappa shape index (κ3) is 5.37. The van der Waals surface area contributed by atoms with Crippen LogP contribution in [0.3, 0.4) is 0 Å². The lowest BCUT2D eigenvalue weighted by Crippen LogP contribution is -2.46. The number of hydrogen-bond donors (Lipinski definition) is 1. The van der Waals surface area contributed by atoms with E-state index in [9.17, 15) is 26.4 Å². The van der Waals surface area contributed by atoms with Crippen LogP contribution < -0.4 is 10.0 Å². The maximum atomic E-state index is 13.6. The van der Waals surface area contributed by atoms with Crippen molar-refractivity contribution >= 4 is 37.5 Å². The third-order valence-corrected chi connectivity index (χ3v) is 9.13. The van der Waals surface area contributed by atoms with E-state index in [1.807, 2.05) is 0 Å². The van der Waals surface area contributed by atoms with Gasteiger partial charge in [0.1, 0.15) is 6.04 Å². The molecule has 2 aromatic rings. The second-order valence-corrected chi connectivity index (χ2v) is 12.1. The second kappa shape index (κ2) is 10.0. The van der Waals surface area contributed by atoms with Gasteiger partial charge in [-0.15, -0.1) is 0 Å². The Morgan fingerprint density at radius 1 is 0.914 bits per heavy atom. The minimum Gasteiger partial charge on any atom is -0.274 e. The number of allylic oxidation sites excluding steroid dienone is 1. The number of carbonyl (C=O) groups is 2. The zero-order valence-corrected chi connectivity index (χ0v) is 20.7. The first kappa shape index (κ1) is 25.2. The number of nitrogens with two attached hydrogens (primary N) is 1. The highest BCUT2D eigenvalue weighted by Crippen LogP contribution is 2.31. The molecule has 1 aliphatic carbocycles. The molecule has 1 aliphatic heterocycles. The van der Waals surface area contributed by atoms with Gasteiger partial charge < -0.3 is 0 Å². The maximum absolute atomic E-state index is 13.6. The van der Waals surface area contributed by atoms with Crippen LogP contribution in [0.1, 0.15) is 38.5 Å². The lowest BCUT2D eigenvalue weighted by Gasteiger charge is -2.27. The second-order valence-electron chi connectivity index (χ2n) is 8.61. The fourth-order valence-electron chi connectivity index (χ4n) is 4.45. The molecule has 0 aromatic heterocycles. The Hall–Kier alpha value is -2.86. The number of nitrogens with zero attached hydrogens (tertiary/aromatic N) is 2. The summed E-state index contributed by atoms with van der Waals surface area (Å²) < 4.78 is 51.4. The van der Waals surface area contributed by atoms with E-state index in [0.717, 1.165) is 40.5 Å². The lowest BCUT2D eigenvalue weighted by atomic mass is 9.97. The number of hydrogen-bond acceptors (Lipinski definition) is 6. The highest BCUT2D eigenvalue weighted by molar-refractivity contribution is 7.89. The third-order valence-electron chi connectivity index (χ3n) is 6.28. The van der Waals surface area contributed by atoms with Gasteiger partial charge in [-0.3, -0.25) is 9.59 Å². The van der Waals surface area contributed by atoms with Crippen molar-refractivity contribution in [2.45, 2.75) is 54.4 Å². The summed E-state index contributed by atoms with van der Waals surface area (Å²) in [6.45, 7) is 0.0743. The topological polar surface area (TPSA) is 135 Å². The average molecular weight is 518 g/mol. The highest BCUT2D eigenvalue weighted by atomic mass is 32.2. The quantitative estimate of drug-likeness (QED) is 0.422. The molecule has 1 saturated heterocycles. The Labute approximate surface area is 205 Å². The minimum absolute atomic E-state index is 0.0498. The van der Waals surface area contributed by atoms with Crippen LogP contribution in [0, 0.1) is 0 Å². The molecule has 186 valence electrons. The van der Waals surface area contributed by atoms with Gasteiger partial charge in [-0.05, 0) is 68.5 Å². The molecular weight excluding hydrogens is 490 g/mol. The summed E-state index contributed by atoms with van der Waals surface area (Å²) in [6, 6.07) is 11.7. The molecule has 0 bridgehead atoms. The van der Waals surface area contributed by atoms with Gasteiger partial charge in [-0.25, -0.2) is 26.9 Å². The molecule has 1 atom stereocenters. The Morgan fingerprint density at radius 3 is 2.20 bits per heavy atom. The van der Waals surface area contributed by atoms with E-state index in [1.54, 1.807) is 18.2 Å². The number of sulfonamides is 2. The fraction of sp³-hybridized carbons (Fsp3) is 0.333. The van der Waals surface area contributed by atoms with Gasteiger partial charge in [0.2, 0.25) is 26.0 Å². The van der Waals surface area contributed by atoms with Gasteiger partial charge >= 0.3 is 0 Å². The fourth-order valence-corrected chi connectivity index (χ4v) is 6.57. The van der Waals surface area contributed by atoms with E-state index >= 15 is 0 Å². The zero-order chi connectivity index (χ0) is 25.2. The Kier molecular flexibility index (Phi) is 7.22. The first-order valence-corrected chi connectivity index (χ1v) is 14.3. The molecule has 35 heavy (non-hydrogen) atoms. The van der Waals surface area contributed by atoms with Crippen molar-refractivity contribution in [3.8, 4) is 0 Å². The number of carbonyl (C=O) groups excluding carboxylic acids is 2. The van der Waals surface area contributed by atoms with Crippen LogP contribution in [0.2, 0.25) is 0 Å². The minimum atomic E-state index is -4.06. The number of benzene rings is 2. The SMILES string of the molecule is NS(=O)(=O)c1ccc(N2C(=O)CC(N(CCC3=CCCCC3)S(=O)(=O)c3ccccc3)C2=O)cc1. The molecule has 0 radical (unpaired) electrons. The zero-order valence-electron chi connectivity index (χ0n) is 19.0. The number of primary sulfonamides is 1. The molecule has 0 saturated carbocycles. The van der Waals surface area contributed by atoms with Crippen LogP contribution in [0.25, 0.3) is 0 Å². The van der Waals surface area contributed by atoms with Gasteiger partial charge in [0.15, 0.2) is 0 Å². The van der Waals surface area contributed by atoms with Crippen molar-refractivity contribution in [1.29, 1.82) is 0 Å². The summed E-state index contributed by atoms with van der Waals surface area (Å²) in [5.41, 5.74) is 1.30. The van der Waals surface area contributed by atoms with Crippen molar-refractivity contribution in [3.63, 3.8) is 0 Å². The molecule has 1 fully saturated rings. The van der Waals surface area contributed by atoms with Crippen molar-refractivity contribution < 1.29 is 26.4 Å². The summed E-state index contributed by atoms with van der Waals surface area (Å²) in [5, 5.41) is 5.12. The van der Waals surface area contributed by atoms with E-state index < -0.39 is 37.9 Å². The Morgan fingerprint density at radius 2 is 1.60 bits per heavy atom. The molecule has 11 heteroatoms. The molecule has 0 spiro atoms. The normalized spacial score (nSPS) is 19.3. The van der Waals surface area contributed by atoms with Crippen molar-refractivity contribution in [2.75, 3.05) is 11.4 Å². The molecule has 2 aromatic carbocycles. The molecular formula is C24H27N3O6S2. The van der Waals surface area contributed by atoms with Crippen LogP contribution in [0.15, 0.2) is 76.0 Å². The van der Waals surface area contributed by atoms with E-state index in [1.165, 1.54) is 36.4 Å². The Balaban J connectivity index is 1.65. The smallest absolute Gasteiger partial charge is 0.252 e. The van der Waals surface area contributed by atoms with Gasteiger partial charge in [-0.2, -0.15) is 4.31 Å². The number of imide groups is 1. The predicted molar refractivity (Wildman–Crippen MR) is 130 cm³/mol. The van der Waals surface area contributed by atoms with Gasteiger partial charge in [-0.1, -0.05) is 29.8 Å². The van der Waals surface area contributed by atoms with Crippen molar-refractivity contribution in [1.82, 2.24) is 4.31 Å². The van der Waals surface area contributed by atoms with Crippen molar-refractivity contribution in [2.24, 2.45) is 5.14 Å². The number of anilines is 1. The molecule has 2 aliphatic rings. The predicted octanol–water partition coefficient (Wildman–Crippen LogP) is 2.55. The maximum Gasteiger partial charge on any atom is 0.252 e. The van der Waals surface area contributed by atoms with Crippen molar-refractivity contribution in [3.05, 3.63) is 66.2 Å². The van der Waals surface area contributed by atoms with E-state index in [-0.39, 0.29) is 28.4 Å². The van der Waals surface area contributed by atoms with Crippen LogP contribution in [0.5, 0.6) is 0 Å². The van der Waals surface area contributed by atoms with Gasteiger partial charge in [0.25, 0.3) is 5.91 Å². The van der Waals surface area contributed by atoms with Crippen LogP contribution in [-0.4, -0.2) is 45.5 Å². The van der Waals surface area contributed by atoms with Gasteiger partial charge in [0, 0.05) is 6.54 Å². The molecule has 9 nitrogen and oxygen atoms in total. The highest BCUT2D eigenvalue weighted by Gasteiger charge is 2.46. The lowest BCUT2D eigenvalue weighted by molar-refractivity contribution is -0.122. The van der Waals surface area contributed by atoms with Gasteiger partial charge in [0.05, 0.1) is 21.9 Å². The monoisotopic (exact) mass is 517 g/mol. The first-order valence-electron chi connectivity index (χ1n) is 11.3. The van der Waals surface area contributed by atoms with E-state index in [2.05, 4.69) is 6.08 Å². The van der Waals surface area contributed by atoms with E-state index in [4.69, 9.17) is 5.14 Å². The molecule has 1 heterocycles. The van der Waals surface area contributed by atoms with Crippen LogP contribution in [0.4, 0.5) is 5.69 Å². The summed E-state index contributed by atoms with van der Waals surface area (Å²) in [4.78, 5) is 27.1. The molecule has 1 unspecified atom stereocenters. The molecule has 4 rings (SSSR count). The first-order chi connectivity index (χ1) is 16.6. The molecule has 2 N–H and O–H groups in total. The van der Waals surface area contributed by atoms with Crippen LogP contribution >= 0.6 is 0 Å². The summed E-state index contributed by atoms with van der Waals surface area (Å²) in [5.74, 6) is -1.23. The average Bonchev–Trinajstić information content (AvgIpc) is 3.13. The summed E-state index contributed by atoms with van der Waals surface area (Å²) >= 11 is 0. The Bertz CT molecular complexity index is 1350. The standard InChI is InChI=1S/C24H27N3O6S2/c25-34(30,31)20-13-11-19(12-14-20)27-23(28)17-22(24(27)29)26(16-15-18-7-3-1-4-8-18)35(32,33)21-9-5-2-6-10-21/h2,5-7,9-14,22H,1,3-4,8,15-17H2,(H2,25,30,31). The summed E-state index contributed by atoms with van der Waals surface area (Å²) in [7, 11) is -8.01. The number of amides is 2. The van der Waals surface area contributed by atoms with E-state index in [0.29, 0.717) is 6.42 Å². The largest absolute Gasteiger partial charge is 0.274 e. The molecule has 2 amide bonds. The number of rotatable bonds is 8.